The van der Waals surface area contributed by atoms with Crippen LogP contribution in [0.15, 0.2) is 30.3 Å². The third-order valence-corrected chi connectivity index (χ3v) is 4.18. The van der Waals surface area contributed by atoms with Crippen LogP contribution in [0, 0.1) is 0 Å². The van der Waals surface area contributed by atoms with Gasteiger partial charge in [0.25, 0.3) is 0 Å². The highest BCUT2D eigenvalue weighted by atomic mass is 19.4. The first-order valence-electron chi connectivity index (χ1n) is 7.40. The van der Waals surface area contributed by atoms with Crippen LogP contribution in [0.3, 0.4) is 0 Å². The lowest BCUT2D eigenvalue weighted by molar-refractivity contribution is -0.162. The SMILES string of the molecule is COC1CC(C(=O)O)N(C(=O)CC(c2ccccc2)C(F)(F)F)C1. The Bertz CT molecular complexity index is 591. The zero-order valence-electron chi connectivity index (χ0n) is 13.0. The number of carbonyl (C=O) groups is 2. The van der Waals surface area contributed by atoms with Crippen LogP contribution in [0.4, 0.5) is 13.2 Å². The van der Waals surface area contributed by atoms with E-state index in [-0.39, 0.29) is 18.5 Å². The minimum Gasteiger partial charge on any atom is -0.480 e. The number of amides is 1. The van der Waals surface area contributed by atoms with Gasteiger partial charge in [-0.25, -0.2) is 4.79 Å². The molecule has 132 valence electrons. The number of carboxylic acid groups (broad SMARTS) is 1. The van der Waals surface area contributed by atoms with Crippen LogP contribution in [0.25, 0.3) is 0 Å². The van der Waals surface area contributed by atoms with E-state index in [9.17, 15) is 27.9 Å². The molecule has 1 saturated heterocycles. The normalized spacial score (nSPS) is 22.4. The van der Waals surface area contributed by atoms with E-state index in [1.165, 1.54) is 31.4 Å². The maximum absolute atomic E-state index is 13.3. The molecule has 0 radical (unpaired) electrons. The third kappa shape index (κ3) is 4.05. The summed E-state index contributed by atoms with van der Waals surface area (Å²) in [6.07, 6.45) is -5.85. The van der Waals surface area contributed by atoms with E-state index in [0.29, 0.717) is 0 Å². The fourth-order valence-corrected chi connectivity index (χ4v) is 2.88. The Morgan fingerprint density at radius 1 is 1.33 bits per heavy atom. The topological polar surface area (TPSA) is 66.8 Å². The molecular weight excluding hydrogens is 327 g/mol. The van der Waals surface area contributed by atoms with E-state index in [4.69, 9.17) is 4.74 Å². The van der Waals surface area contributed by atoms with Crippen LogP contribution in [0.1, 0.15) is 24.3 Å². The number of ether oxygens (including phenoxy) is 1. The largest absolute Gasteiger partial charge is 0.480 e. The molecule has 1 aliphatic rings. The molecule has 1 aromatic rings. The Morgan fingerprint density at radius 2 is 1.96 bits per heavy atom. The second-order valence-corrected chi connectivity index (χ2v) is 5.70. The number of halogens is 3. The Kier molecular flexibility index (Phi) is 5.48. The van der Waals surface area contributed by atoms with E-state index in [1.807, 2.05) is 0 Å². The Labute approximate surface area is 137 Å². The van der Waals surface area contributed by atoms with Gasteiger partial charge in [-0.2, -0.15) is 13.2 Å². The predicted molar refractivity (Wildman–Crippen MR) is 78.4 cm³/mol. The molecule has 0 aromatic heterocycles. The quantitative estimate of drug-likeness (QED) is 0.890. The molecule has 24 heavy (non-hydrogen) atoms. The summed E-state index contributed by atoms with van der Waals surface area (Å²) in [5.74, 6) is -4.05. The van der Waals surface area contributed by atoms with Crippen LogP contribution in [0.2, 0.25) is 0 Å². The predicted octanol–water partition coefficient (Wildman–Crippen LogP) is 2.42. The number of methoxy groups -OCH3 is 1. The Hall–Kier alpha value is -2.09. The van der Waals surface area contributed by atoms with Gasteiger partial charge in [-0.1, -0.05) is 30.3 Å². The number of carbonyl (C=O) groups excluding carboxylic acids is 1. The van der Waals surface area contributed by atoms with Crippen molar-refractivity contribution in [2.75, 3.05) is 13.7 Å². The molecule has 3 unspecified atom stereocenters. The van der Waals surface area contributed by atoms with Gasteiger partial charge in [0.1, 0.15) is 6.04 Å². The number of carboxylic acids is 1. The van der Waals surface area contributed by atoms with E-state index in [0.717, 1.165) is 4.90 Å². The summed E-state index contributed by atoms with van der Waals surface area (Å²) in [4.78, 5) is 24.6. The fourth-order valence-electron chi connectivity index (χ4n) is 2.88. The van der Waals surface area contributed by atoms with Crippen molar-refractivity contribution in [3.63, 3.8) is 0 Å². The smallest absolute Gasteiger partial charge is 0.396 e. The summed E-state index contributed by atoms with van der Waals surface area (Å²) in [6.45, 7) is -0.0222. The lowest BCUT2D eigenvalue weighted by Gasteiger charge is -2.26. The zero-order valence-corrected chi connectivity index (χ0v) is 13.0. The van der Waals surface area contributed by atoms with Crippen molar-refractivity contribution < 1.29 is 32.6 Å². The molecule has 3 atom stereocenters. The van der Waals surface area contributed by atoms with Crippen molar-refractivity contribution in [1.82, 2.24) is 4.90 Å². The zero-order chi connectivity index (χ0) is 17.9. The number of likely N-dealkylation sites (tertiary alicyclic amines) is 1. The molecule has 5 nitrogen and oxygen atoms in total. The number of aliphatic carboxylic acids is 1. The fraction of sp³-hybridized carbons (Fsp3) is 0.500. The van der Waals surface area contributed by atoms with Crippen molar-refractivity contribution in [3.05, 3.63) is 35.9 Å². The number of hydrogen-bond donors (Lipinski definition) is 1. The molecule has 0 aliphatic carbocycles. The highest BCUT2D eigenvalue weighted by molar-refractivity contribution is 5.85. The Morgan fingerprint density at radius 3 is 2.46 bits per heavy atom. The van der Waals surface area contributed by atoms with Crippen LogP contribution in [0.5, 0.6) is 0 Å². The van der Waals surface area contributed by atoms with Gasteiger partial charge < -0.3 is 14.7 Å². The summed E-state index contributed by atoms with van der Waals surface area (Å²) in [6, 6.07) is 5.98. The molecular formula is C16H18F3NO4. The first kappa shape index (κ1) is 18.3. The number of alkyl halides is 3. The summed E-state index contributed by atoms with van der Waals surface area (Å²) in [7, 11) is 1.38. The minimum atomic E-state index is -4.60. The monoisotopic (exact) mass is 345 g/mol. The number of benzene rings is 1. The lowest BCUT2D eigenvalue weighted by Crippen LogP contribution is -2.42. The number of hydrogen-bond acceptors (Lipinski definition) is 3. The molecule has 0 saturated carbocycles. The van der Waals surface area contributed by atoms with Gasteiger partial charge in [0, 0.05) is 26.5 Å². The average molecular weight is 345 g/mol. The van der Waals surface area contributed by atoms with Crippen LogP contribution in [-0.4, -0.2) is 53.9 Å². The standard InChI is InChI=1S/C16H18F3NO4/c1-24-11-7-13(15(22)23)20(9-11)14(21)8-12(16(17,18)19)10-5-3-2-4-6-10/h2-6,11-13H,7-9H2,1H3,(H,22,23). The second kappa shape index (κ2) is 7.21. The van der Waals surface area contributed by atoms with Crippen molar-refractivity contribution in [1.29, 1.82) is 0 Å². The van der Waals surface area contributed by atoms with Gasteiger partial charge in [-0.15, -0.1) is 0 Å². The van der Waals surface area contributed by atoms with Gasteiger partial charge in [-0.3, -0.25) is 4.79 Å². The maximum Gasteiger partial charge on any atom is 0.396 e. The van der Waals surface area contributed by atoms with Gasteiger partial charge in [-0.05, 0) is 5.56 Å². The summed E-state index contributed by atoms with van der Waals surface area (Å²) in [5.41, 5.74) is -0.0206. The molecule has 1 heterocycles. The summed E-state index contributed by atoms with van der Waals surface area (Å²) >= 11 is 0. The second-order valence-electron chi connectivity index (χ2n) is 5.70. The van der Waals surface area contributed by atoms with Gasteiger partial charge in [0.2, 0.25) is 5.91 Å². The van der Waals surface area contributed by atoms with Gasteiger partial charge in [0.15, 0.2) is 0 Å². The highest BCUT2D eigenvalue weighted by Crippen LogP contribution is 2.38. The number of rotatable bonds is 5. The number of nitrogens with zero attached hydrogens (tertiary/aromatic N) is 1. The maximum atomic E-state index is 13.3. The van der Waals surface area contributed by atoms with Gasteiger partial charge >= 0.3 is 12.1 Å². The first-order chi connectivity index (χ1) is 11.2. The van der Waals surface area contributed by atoms with E-state index >= 15 is 0 Å². The van der Waals surface area contributed by atoms with Crippen molar-refractivity contribution >= 4 is 11.9 Å². The van der Waals surface area contributed by atoms with Crippen molar-refractivity contribution in [3.8, 4) is 0 Å². The molecule has 1 aliphatic heterocycles. The van der Waals surface area contributed by atoms with E-state index in [2.05, 4.69) is 0 Å². The van der Waals surface area contributed by atoms with Gasteiger partial charge in [0.05, 0.1) is 12.0 Å². The minimum absolute atomic E-state index is 0.0206. The summed E-state index contributed by atoms with van der Waals surface area (Å²) in [5, 5.41) is 9.19. The van der Waals surface area contributed by atoms with E-state index in [1.54, 1.807) is 6.07 Å². The van der Waals surface area contributed by atoms with Crippen molar-refractivity contribution in [2.24, 2.45) is 0 Å². The lowest BCUT2D eigenvalue weighted by atomic mass is 9.94. The van der Waals surface area contributed by atoms with Crippen molar-refractivity contribution in [2.45, 2.75) is 37.1 Å². The Balaban J connectivity index is 2.20. The molecule has 1 N–H and O–H groups in total. The molecule has 0 bridgehead atoms. The molecule has 2 rings (SSSR count). The van der Waals surface area contributed by atoms with Crippen LogP contribution >= 0.6 is 0 Å². The molecule has 0 spiro atoms. The van der Waals surface area contributed by atoms with Crippen LogP contribution in [-0.2, 0) is 14.3 Å². The van der Waals surface area contributed by atoms with Crippen LogP contribution < -0.4 is 0 Å². The highest BCUT2D eigenvalue weighted by Gasteiger charge is 2.45. The third-order valence-electron chi connectivity index (χ3n) is 4.18. The molecule has 1 aromatic carbocycles. The molecule has 1 fully saturated rings. The molecule has 8 heteroatoms. The summed E-state index contributed by atoms with van der Waals surface area (Å²) < 4.78 is 45.1. The average Bonchev–Trinajstić information content (AvgIpc) is 2.97. The first-order valence-corrected chi connectivity index (χ1v) is 7.40. The molecule has 1 amide bonds. The van der Waals surface area contributed by atoms with E-state index < -0.39 is 42.5 Å².